The molecular weight excluding hydrogens is 766 g/mol. The second kappa shape index (κ2) is 15.7. The first-order chi connectivity index (χ1) is 24.2. The van der Waals surface area contributed by atoms with E-state index in [-0.39, 0.29) is 47.5 Å². The van der Waals surface area contributed by atoms with Crippen molar-refractivity contribution in [3.8, 4) is 17.2 Å². The van der Waals surface area contributed by atoms with E-state index in [4.69, 9.17) is 49.0 Å². The summed E-state index contributed by atoms with van der Waals surface area (Å²) in [5.41, 5.74) is 0.0422. The Kier molecular flexibility index (Phi) is 11.6. The summed E-state index contributed by atoms with van der Waals surface area (Å²) in [6, 6.07) is 19.3. The molecule has 0 radical (unpaired) electrons. The van der Waals surface area contributed by atoms with Gasteiger partial charge in [0, 0.05) is 36.5 Å². The van der Waals surface area contributed by atoms with Crippen LogP contribution in [0.5, 0.6) is 17.2 Å². The summed E-state index contributed by atoms with van der Waals surface area (Å²) < 4.78 is 59.4. The van der Waals surface area contributed by atoms with Crippen LogP contribution in [-0.4, -0.2) is 46.8 Å². The topological polar surface area (TPSA) is 128 Å². The highest BCUT2D eigenvalue weighted by Crippen LogP contribution is 2.37. The molecule has 4 aromatic carbocycles. The van der Waals surface area contributed by atoms with E-state index in [9.17, 15) is 27.2 Å². The maximum atomic E-state index is 14.7. The zero-order valence-corrected chi connectivity index (χ0v) is 30.7. The van der Waals surface area contributed by atoms with Crippen molar-refractivity contribution >= 4 is 85.2 Å². The molecule has 1 aromatic heterocycles. The molecule has 51 heavy (non-hydrogen) atoms. The normalized spacial score (nSPS) is 11.1. The van der Waals surface area contributed by atoms with Crippen molar-refractivity contribution in [2.45, 2.75) is 11.8 Å². The number of amides is 1. The number of anilines is 2. The van der Waals surface area contributed by atoms with Gasteiger partial charge in [-0.3, -0.25) is 13.9 Å². The van der Waals surface area contributed by atoms with E-state index < -0.39 is 38.4 Å². The fourth-order valence-corrected chi connectivity index (χ4v) is 8.32. The lowest BCUT2D eigenvalue weighted by molar-refractivity contribution is 0.0734. The molecule has 0 unspecified atom stereocenters. The van der Waals surface area contributed by atoms with Gasteiger partial charge in [-0.05, 0) is 43.3 Å². The highest BCUT2D eigenvalue weighted by atomic mass is 35.5. The first-order valence-corrected chi connectivity index (χ1v) is 18.1. The van der Waals surface area contributed by atoms with Gasteiger partial charge in [0.15, 0.2) is 17.3 Å². The number of carbonyl (C=O) groups excluding carboxylic acids is 3. The van der Waals surface area contributed by atoms with Crippen molar-refractivity contribution in [1.82, 2.24) is 0 Å². The van der Waals surface area contributed by atoms with Gasteiger partial charge in [0.1, 0.15) is 21.3 Å². The summed E-state index contributed by atoms with van der Waals surface area (Å²) in [6.07, 6.45) is 0. The standard InChI is InChI=1S/C35H26Cl3FN2O8S2/c1-4-48-27-11-10-23(15-28(27)47-3)41(2)51(45,46)29-18-30(38)50-33(29)34(43)40-22-13-20(12-21(39)14-22)35(44)49-24-16-25(36)31(26(37)17-24)32(42)19-8-6-5-7-9-19/h5-18H,4H2,1-3H3,(H,40,43). The minimum atomic E-state index is -4.37. The fourth-order valence-electron chi connectivity index (χ4n) is 4.80. The lowest BCUT2D eigenvalue weighted by Gasteiger charge is -2.21. The number of ether oxygens (including phenoxy) is 3. The highest BCUT2D eigenvalue weighted by molar-refractivity contribution is 7.93. The molecule has 0 saturated heterocycles. The van der Waals surface area contributed by atoms with Crippen molar-refractivity contribution in [2.75, 3.05) is 30.4 Å². The van der Waals surface area contributed by atoms with E-state index in [0.29, 0.717) is 35.0 Å². The molecule has 1 N–H and O–H groups in total. The van der Waals surface area contributed by atoms with E-state index in [2.05, 4.69) is 5.32 Å². The van der Waals surface area contributed by atoms with Gasteiger partial charge in [-0.15, -0.1) is 11.3 Å². The molecule has 1 amide bonds. The van der Waals surface area contributed by atoms with Crippen LogP contribution in [0.25, 0.3) is 0 Å². The smallest absolute Gasteiger partial charge is 0.343 e. The lowest BCUT2D eigenvalue weighted by Crippen LogP contribution is -2.28. The number of benzene rings is 4. The SMILES string of the molecule is CCOc1ccc(N(C)S(=O)(=O)c2cc(Cl)sc2C(=O)Nc2cc(F)cc(C(=O)Oc3cc(Cl)c(C(=O)c4ccccc4)c(Cl)c3)c2)cc1OC. The minimum Gasteiger partial charge on any atom is -0.493 e. The number of carbonyl (C=O) groups is 3. The van der Waals surface area contributed by atoms with Crippen LogP contribution in [0.2, 0.25) is 14.4 Å². The quantitative estimate of drug-likeness (QED) is 0.0755. The Morgan fingerprint density at radius 2 is 1.57 bits per heavy atom. The zero-order chi connectivity index (χ0) is 37.0. The molecule has 0 fully saturated rings. The summed E-state index contributed by atoms with van der Waals surface area (Å²) in [4.78, 5) is 38.7. The number of hydrogen-bond acceptors (Lipinski definition) is 9. The maximum Gasteiger partial charge on any atom is 0.343 e. The summed E-state index contributed by atoms with van der Waals surface area (Å²) in [5.74, 6) is -2.78. The first kappa shape index (κ1) is 37.6. The second-order valence-corrected chi connectivity index (χ2v) is 14.9. The highest BCUT2D eigenvalue weighted by Gasteiger charge is 2.31. The van der Waals surface area contributed by atoms with Crippen molar-refractivity contribution < 1.29 is 41.4 Å². The number of halogens is 4. The Bertz CT molecular complexity index is 2240. The Balaban J connectivity index is 1.36. The molecule has 5 aromatic rings. The zero-order valence-electron chi connectivity index (χ0n) is 26.8. The predicted molar refractivity (Wildman–Crippen MR) is 195 cm³/mol. The average molecular weight is 792 g/mol. The van der Waals surface area contributed by atoms with Gasteiger partial charge < -0.3 is 19.5 Å². The van der Waals surface area contributed by atoms with Gasteiger partial charge in [0.25, 0.3) is 15.9 Å². The molecule has 5 rings (SSSR count). The number of nitrogens with one attached hydrogen (secondary N) is 1. The van der Waals surface area contributed by atoms with Crippen LogP contribution in [0.4, 0.5) is 15.8 Å². The number of sulfonamides is 1. The molecule has 16 heteroatoms. The number of esters is 1. The summed E-state index contributed by atoms with van der Waals surface area (Å²) >= 11 is 19.5. The fraction of sp³-hybridized carbons (Fsp3) is 0.114. The summed E-state index contributed by atoms with van der Waals surface area (Å²) in [6.45, 7) is 2.15. The summed E-state index contributed by atoms with van der Waals surface area (Å²) in [5, 5.41) is 2.25. The monoisotopic (exact) mass is 790 g/mol. The van der Waals surface area contributed by atoms with Crippen molar-refractivity contribution in [3.63, 3.8) is 0 Å². The maximum absolute atomic E-state index is 14.7. The Morgan fingerprint density at radius 1 is 0.882 bits per heavy atom. The van der Waals surface area contributed by atoms with Gasteiger partial charge in [-0.2, -0.15) is 0 Å². The molecule has 10 nitrogen and oxygen atoms in total. The molecule has 0 spiro atoms. The van der Waals surface area contributed by atoms with Crippen molar-refractivity contribution in [3.05, 3.63) is 127 Å². The predicted octanol–water partition coefficient (Wildman–Crippen LogP) is 8.78. The molecule has 1 heterocycles. The number of thiophene rings is 1. The van der Waals surface area contributed by atoms with E-state index >= 15 is 0 Å². The molecule has 0 aliphatic heterocycles. The van der Waals surface area contributed by atoms with E-state index in [1.54, 1.807) is 43.3 Å². The number of methoxy groups -OCH3 is 1. The third-order valence-corrected chi connectivity index (χ3v) is 11.0. The van der Waals surface area contributed by atoms with Gasteiger partial charge in [-0.25, -0.2) is 17.6 Å². The Morgan fingerprint density at radius 3 is 2.22 bits per heavy atom. The van der Waals surface area contributed by atoms with Crippen LogP contribution in [0.1, 0.15) is 42.9 Å². The number of nitrogens with zero attached hydrogens (tertiary/aromatic N) is 1. The third-order valence-electron chi connectivity index (χ3n) is 7.20. The Hall–Kier alpha value is -4.66. The van der Waals surface area contributed by atoms with E-state index in [0.717, 1.165) is 28.6 Å². The number of ketones is 1. The van der Waals surface area contributed by atoms with Crippen LogP contribution >= 0.6 is 46.1 Å². The van der Waals surface area contributed by atoms with E-state index in [1.165, 1.54) is 38.4 Å². The van der Waals surface area contributed by atoms with Gasteiger partial charge in [0.2, 0.25) is 0 Å². The molecule has 0 aliphatic rings. The lowest BCUT2D eigenvalue weighted by atomic mass is 10.0. The van der Waals surface area contributed by atoms with E-state index in [1.807, 2.05) is 0 Å². The van der Waals surface area contributed by atoms with Crippen LogP contribution in [-0.2, 0) is 10.0 Å². The van der Waals surface area contributed by atoms with Crippen LogP contribution in [0.3, 0.4) is 0 Å². The third kappa shape index (κ3) is 8.29. The Labute approximate surface area is 311 Å². The first-order valence-electron chi connectivity index (χ1n) is 14.8. The molecular formula is C35H26Cl3FN2O8S2. The van der Waals surface area contributed by atoms with Crippen LogP contribution in [0.15, 0.2) is 89.8 Å². The molecule has 0 saturated carbocycles. The number of hydrogen-bond donors (Lipinski definition) is 1. The second-order valence-electron chi connectivity index (χ2n) is 10.5. The van der Waals surface area contributed by atoms with Crippen LogP contribution in [0, 0.1) is 5.82 Å². The molecule has 0 bridgehead atoms. The molecule has 0 atom stereocenters. The minimum absolute atomic E-state index is 0.000510. The van der Waals surface area contributed by atoms with Gasteiger partial charge in [0.05, 0.1) is 44.9 Å². The largest absolute Gasteiger partial charge is 0.493 e. The van der Waals surface area contributed by atoms with Gasteiger partial charge >= 0.3 is 5.97 Å². The van der Waals surface area contributed by atoms with Crippen molar-refractivity contribution in [1.29, 1.82) is 0 Å². The average Bonchev–Trinajstić information content (AvgIpc) is 3.50. The number of rotatable bonds is 12. The van der Waals surface area contributed by atoms with Crippen molar-refractivity contribution in [2.24, 2.45) is 0 Å². The molecule has 264 valence electrons. The summed E-state index contributed by atoms with van der Waals surface area (Å²) in [7, 11) is -1.67. The van der Waals surface area contributed by atoms with Crippen LogP contribution < -0.4 is 23.8 Å². The molecule has 0 aliphatic carbocycles. The van der Waals surface area contributed by atoms with Gasteiger partial charge in [-0.1, -0.05) is 65.1 Å².